The molecule has 0 saturated heterocycles. The summed E-state index contributed by atoms with van der Waals surface area (Å²) < 4.78 is 5.09. The highest BCUT2D eigenvalue weighted by Gasteiger charge is 2.01. The number of aliphatic imine (C=N–C) groups is 1. The molecule has 1 heterocycles. The Bertz CT molecular complexity index is 660. The standard InChI is InChI=1S/C17H22N4O2S.HI/c1-23-14-6-4-13(5-7-14)11-20-16(22)12-21-17(18)19-9-8-15-3-2-10-24-15;/h2-7,10H,8-9,11-12H2,1H3,(H,20,22)(H3,18,19,21);1H. The fourth-order valence-electron chi connectivity index (χ4n) is 1.98. The van der Waals surface area contributed by atoms with Crippen molar-refractivity contribution in [1.82, 2.24) is 10.6 Å². The normalized spacial score (nSPS) is 10.7. The zero-order chi connectivity index (χ0) is 17.2. The van der Waals surface area contributed by atoms with Crippen molar-refractivity contribution in [2.24, 2.45) is 10.7 Å². The Morgan fingerprint density at radius 1 is 1.24 bits per heavy atom. The van der Waals surface area contributed by atoms with E-state index in [0.717, 1.165) is 17.7 Å². The van der Waals surface area contributed by atoms with Crippen LogP contribution in [-0.2, 0) is 17.8 Å². The maximum Gasteiger partial charge on any atom is 0.242 e. The number of nitrogens with two attached hydrogens (primary N) is 1. The van der Waals surface area contributed by atoms with Crippen molar-refractivity contribution in [3.8, 4) is 5.75 Å². The lowest BCUT2D eigenvalue weighted by Gasteiger charge is -2.06. The molecule has 8 heteroatoms. The van der Waals surface area contributed by atoms with Crippen LogP contribution in [0.2, 0.25) is 0 Å². The van der Waals surface area contributed by atoms with Crippen LogP contribution in [0.5, 0.6) is 5.75 Å². The van der Waals surface area contributed by atoms with E-state index in [0.29, 0.717) is 13.1 Å². The first-order valence-electron chi connectivity index (χ1n) is 7.63. The van der Waals surface area contributed by atoms with Crippen molar-refractivity contribution in [1.29, 1.82) is 0 Å². The Morgan fingerprint density at radius 2 is 2.00 bits per heavy atom. The van der Waals surface area contributed by atoms with Crippen molar-refractivity contribution in [2.75, 3.05) is 20.2 Å². The minimum atomic E-state index is -0.172. The largest absolute Gasteiger partial charge is 0.497 e. The van der Waals surface area contributed by atoms with Gasteiger partial charge in [-0.3, -0.25) is 4.79 Å². The van der Waals surface area contributed by atoms with Gasteiger partial charge in [0, 0.05) is 18.0 Å². The van der Waals surface area contributed by atoms with Gasteiger partial charge in [0.05, 0.1) is 7.11 Å². The molecular weight excluding hydrogens is 451 g/mol. The van der Waals surface area contributed by atoms with E-state index in [-0.39, 0.29) is 42.4 Å². The molecule has 0 radical (unpaired) electrons. The number of benzene rings is 1. The lowest BCUT2D eigenvalue weighted by molar-refractivity contribution is -0.119. The highest BCUT2D eigenvalue weighted by atomic mass is 127. The number of hydrogen-bond donors (Lipinski definition) is 3. The first kappa shape index (κ1) is 21.2. The molecule has 0 saturated carbocycles. The molecule has 0 bridgehead atoms. The van der Waals surface area contributed by atoms with Gasteiger partial charge in [0.2, 0.25) is 5.91 Å². The molecule has 0 aliphatic heterocycles. The van der Waals surface area contributed by atoms with Gasteiger partial charge in [0.15, 0.2) is 5.96 Å². The Balaban J connectivity index is 0.00000312. The van der Waals surface area contributed by atoms with Crippen LogP contribution in [0, 0.1) is 0 Å². The summed E-state index contributed by atoms with van der Waals surface area (Å²) in [5.41, 5.74) is 6.74. The lowest BCUT2D eigenvalue weighted by atomic mass is 10.2. The number of amides is 1. The molecule has 136 valence electrons. The third-order valence-electron chi connectivity index (χ3n) is 3.30. The zero-order valence-corrected chi connectivity index (χ0v) is 17.2. The number of hydrogen-bond acceptors (Lipinski definition) is 4. The van der Waals surface area contributed by atoms with Gasteiger partial charge in [-0.15, -0.1) is 35.3 Å². The number of nitrogens with one attached hydrogen (secondary N) is 2. The van der Waals surface area contributed by atoms with Gasteiger partial charge in [-0.05, 0) is 35.6 Å². The highest BCUT2D eigenvalue weighted by Crippen LogP contribution is 2.10. The average molecular weight is 474 g/mol. The molecular formula is C17H23IN4O2S. The summed E-state index contributed by atoms with van der Waals surface area (Å²) >= 11 is 1.71. The monoisotopic (exact) mass is 474 g/mol. The van der Waals surface area contributed by atoms with Crippen molar-refractivity contribution in [3.63, 3.8) is 0 Å². The second-order valence-corrected chi connectivity index (χ2v) is 6.11. The van der Waals surface area contributed by atoms with Gasteiger partial charge in [-0.2, -0.15) is 0 Å². The summed E-state index contributed by atoms with van der Waals surface area (Å²) in [6.07, 6.45) is 0.886. The van der Waals surface area contributed by atoms with Crippen molar-refractivity contribution < 1.29 is 9.53 Å². The summed E-state index contributed by atoms with van der Waals surface area (Å²) in [6.45, 7) is 1.15. The maximum absolute atomic E-state index is 11.8. The summed E-state index contributed by atoms with van der Waals surface area (Å²) in [6, 6.07) is 11.6. The number of rotatable bonds is 8. The van der Waals surface area contributed by atoms with E-state index in [1.54, 1.807) is 18.4 Å². The minimum Gasteiger partial charge on any atom is -0.497 e. The van der Waals surface area contributed by atoms with Gasteiger partial charge in [-0.1, -0.05) is 18.2 Å². The SMILES string of the molecule is COc1ccc(CNC(=O)CN=C(N)NCCc2cccs2)cc1.I. The molecule has 4 N–H and O–H groups in total. The van der Waals surface area contributed by atoms with Gasteiger partial charge in [-0.25, -0.2) is 4.99 Å². The first-order chi connectivity index (χ1) is 11.7. The maximum atomic E-state index is 11.8. The number of thiophene rings is 1. The smallest absolute Gasteiger partial charge is 0.242 e. The Hall–Kier alpha value is -1.81. The number of carbonyl (C=O) groups is 1. The van der Waals surface area contributed by atoms with Crippen LogP contribution in [0.3, 0.4) is 0 Å². The molecule has 0 aliphatic rings. The molecule has 1 aromatic carbocycles. The number of halogens is 1. The number of carbonyl (C=O) groups excluding carboxylic acids is 1. The molecule has 0 aliphatic carbocycles. The summed E-state index contributed by atoms with van der Waals surface area (Å²) in [4.78, 5) is 17.1. The fraction of sp³-hybridized carbons (Fsp3) is 0.294. The number of nitrogens with zero attached hydrogens (tertiary/aromatic N) is 1. The third kappa shape index (κ3) is 8.21. The molecule has 6 nitrogen and oxygen atoms in total. The molecule has 0 unspecified atom stereocenters. The van der Waals surface area contributed by atoms with Gasteiger partial charge < -0.3 is 21.1 Å². The van der Waals surface area contributed by atoms with Crippen molar-refractivity contribution in [2.45, 2.75) is 13.0 Å². The van der Waals surface area contributed by atoms with Crippen LogP contribution in [-0.4, -0.2) is 32.1 Å². The van der Waals surface area contributed by atoms with Crippen LogP contribution < -0.4 is 21.1 Å². The molecule has 0 fully saturated rings. The van der Waals surface area contributed by atoms with Crippen LogP contribution in [0.15, 0.2) is 46.8 Å². The molecule has 0 spiro atoms. The Morgan fingerprint density at radius 3 is 2.64 bits per heavy atom. The number of ether oxygens (including phenoxy) is 1. The molecule has 0 atom stereocenters. The van der Waals surface area contributed by atoms with Crippen molar-refractivity contribution in [3.05, 3.63) is 52.2 Å². The zero-order valence-electron chi connectivity index (χ0n) is 14.0. The molecule has 2 rings (SSSR count). The Kier molecular flexibility index (Phi) is 9.93. The summed E-state index contributed by atoms with van der Waals surface area (Å²) in [7, 11) is 1.62. The van der Waals surface area contributed by atoms with E-state index in [1.165, 1.54) is 4.88 Å². The van der Waals surface area contributed by atoms with Gasteiger partial charge in [0.1, 0.15) is 12.3 Å². The van der Waals surface area contributed by atoms with Crippen LogP contribution in [0.1, 0.15) is 10.4 Å². The predicted octanol–water partition coefficient (Wildman–Crippen LogP) is 2.14. The lowest BCUT2D eigenvalue weighted by Crippen LogP contribution is -2.35. The number of methoxy groups -OCH3 is 1. The van der Waals surface area contributed by atoms with Crippen LogP contribution in [0.4, 0.5) is 0 Å². The van der Waals surface area contributed by atoms with E-state index in [2.05, 4.69) is 21.7 Å². The van der Waals surface area contributed by atoms with Gasteiger partial charge in [0.25, 0.3) is 0 Å². The van der Waals surface area contributed by atoms with E-state index >= 15 is 0 Å². The van der Waals surface area contributed by atoms with Crippen LogP contribution in [0.25, 0.3) is 0 Å². The highest BCUT2D eigenvalue weighted by molar-refractivity contribution is 14.0. The van der Waals surface area contributed by atoms with Crippen molar-refractivity contribution >= 4 is 47.2 Å². The second kappa shape index (κ2) is 11.7. The van der Waals surface area contributed by atoms with E-state index in [9.17, 15) is 4.79 Å². The quantitative estimate of drug-likeness (QED) is 0.311. The topological polar surface area (TPSA) is 88.7 Å². The second-order valence-electron chi connectivity index (χ2n) is 5.08. The fourth-order valence-corrected chi connectivity index (χ4v) is 2.69. The van der Waals surface area contributed by atoms with Crippen LogP contribution >= 0.6 is 35.3 Å². The summed E-state index contributed by atoms with van der Waals surface area (Å²) in [5, 5.41) is 7.85. The summed E-state index contributed by atoms with van der Waals surface area (Å²) in [5.74, 6) is 0.899. The van der Waals surface area contributed by atoms with E-state index < -0.39 is 0 Å². The van der Waals surface area contributed by atoms with Gasteiger partial charge >= 0.3 is 0 Å². The molecule has 25 heavy (non-hydrogen) atoms. The molecule has 2 aromatic rings. The van der Waals surface area contributed by atoms with E-state index in [1.807, 2.05) is 35.7 Å². The number of guanidine groups is 1. The third-order valence-corrected chi connectivity index (χ3v) is 4.24. The molecule has 1 amide bonds. The molecule has 1 aromatic heterocycles. The average Bonchev–Trinajstić information content (AvgIpc) is 3.12. The van der Waals surface area contributed by atoms with E-state index in [4.69, 9.17) is 10.5 Å². The predicted molar refractivity (Wildman–Crippen MR) is 113 cm³/mol. The minimum absolute atomic E-state index is 0. The Labute approximate surface area is 168 Å². The first-order valence-corrected chi connectivity index (χ1v) is 8.51.